The zero-order valence-corrected chi connectivity index (χ0v) is 8.65. The molecule has 2 N–H and O–H groups in total. The lowest BCUT2D eigenvalue weighted by Gasteiger charge is -1.97. The minimum Gasteiger partial charge on any atom is -0.330 e. The molecule has 0 bridgehead atoms. The first-order valence-electron chi connectivity index (χ1n) is 4.31. The summed E-state index contributed by atoms with van der Waals surface area (Å²) in [6, 6.07) is 1.38. The topological polar surface area (TPSA) is 82.0 Å². The molecule has 1 heterocycles. The van der Waals surface area contributed by atoms with E-state index in [9.17, 15) is 10.1 Å². The lowest BCUT2D eigenvalue weighted by atomic mass is 10.2. The van der Waals surface area contributed by atoms with Crippen molar-refractivity contribution in [3.8, 4) is 0 Å². The largest absolute Gasteiger partial charge is 0.330 e. The molecule has 0 aliphatic heterocycles. The zero-order chi connectivity index (χ0) is 11.3. The highest BCUT2D eigenvalue weighted by molar-refractivity contribution is 6.30. The molecule has 0 aliphatic carbocycles. The molecule has 15 heavy (non-hydrogen) atoms. The van der Waals surface area contributed by atoms with E-state index in [1.54, 1.807) is 12.2 Å². The third-order valence-corrected chi connectivity index (χ3v) is 2.01. The molecule has 0 aromatic carbocycles. The van der Waals surface area contributed by atoms with Gasteiger partial charge in [0.2, 0.25) is 0 Å². The molecule has 80 valence electrons. The standard InChI is InChI=1S/C9H10ClN3O2/c10-9-7(3-1-2-4-11)5-8(6-12-9)13(14)15/h1,3,5-6H,2,4,11H2. The third-order valence-electron chi connectivity index (χ3n) is 1.69. The van der Waals surface area contributed by atoms with Gasteiger partial charge >= 0.3 is 0 Å². The van der Waals surface area contributed by atoms with Gasteiger partial charge in [0, 0.05) is 11.6 Å². The number of nitrogens with two attached hydrogens (primary N) is 1. The molecular formula is C9H10ClN3O2. The van der Waals surface area contributed by atoms with E-state index in [1.165, 1.54) is 6.07 Å². The SMILES string of the molecule is NCCC=Cc1cc([N+](=O)[O-])cnc1Cl. The molecule has 0 saturated carbocycles. The number of halogens is 1. The summed E-state index contributed by atoms with van der Waals surface area (Å²) in [5, 5.41) is 10.7. The second kappa shape index (κ2) is 5.43. The van der Waals surface area contributed by atoms with Crippen LogP contribution in [0.4, 0.5) is 5.69 Å². The van der Waals surface area contributed by atoms with Gasteiger partial charge in [-0.05, 0) is 13.0 Å². The van der Waals surface area contributed by atoms with Crippen molar-refractivity contribution < 1.29 is 4.92 Å². The lowest BCUT2D eigenvalue weighted by molar-refractivity contribution is -0.385. The molecule has 1 aromatic heterocycles. The number of nitrogens with zero attached hydrogens (tertiary/aromatic N) is 2. The van der Waals surface area contributed by atoms with E-state index in [0.29, 0.717) is 18.5 Å². The Bertz CT molecular complexity index is 393. The second-order valence-corrected chi connectivity index (χ2v) is 3.17. The molecule has 6 heteroatoms. The van der Waals surface area contributed by atoms with Gasteiger partial charge in [-0.25, -0.2) is 4.98 Å². The van der Waals surface area contributed by atoms with E-state index in [-0.39, 0.29) is 10.8 Å². The van der Waals surface area contributed by atoms with Gasteiger partial charge in [-0.15, -0.1) is 0 Å². The van der Waals surface area contributed by atoms with Gasteiger partial charge in [0.25, 0.3) is 5.69 Å². The highest BCUT2D eigenvalue weighted by Crippen LogP contribution is 2.20. The Balaban J connectivity index is 2.95. The van der Waals surface area contributed by atoms with Crippen molar-refractivity contribution in [2.75, 3.05) is 6.54 Å². The predicted molar refractivity (Wildman–Crippen MR) is 58.6 cm³/mol. The van der Waals surface area contributed by atoms with Crippen LogP contribution in [0.2, 0.25) is 5.15 Å². The van der Waals surface area contributed by atoms with Crippen molar-refractivity contribution in [2.45, 2.75) is 6.42 Å². The molecule has 0 atom stereocenters. The molecule has 1 rings (SSSR count). The van der Waals surface area contributed by atoms with E-state index >= 15 is 0 Å². The maximum atomic E-state index is 10.5. The molecule has 5 nitrogen and oxygen atoms in total. The third kappa shape index (κ3) is 3.30. The van der Waals surface area contributed by atoms with Gasteiger partial charge in [0.1, 0.15) is 11.3 Å². The quantitative estimate of drug-likeness (QED) is 0.485. The Morgan fingerprint density at radius 2 is 2.40 bits per heavy atom. The number of aromatic nitrogens is 1. The maximum absolute atomic E-state index is 10.5. The first-order chi connectivity index (χ1) is 7.15. The summed E-state index contributed by atoms with van der Waals surface area (Å²) >= 11 is 5.76. The Labute approximate surface area is 91.7 Å². The Morgan fingerprint density at radius 1 is 1.67 bits per heavy atom. The molecule has 0 spiro atoms. The van der Waals surface area contributed by atoms with Crippen molar-refractivity contribution in [1.29, 1.82) is 0 Å². The van der Waals surface area contributed by atoms with Gasteiger partial charge < -0.3 is 5.73 Å². The van der Waals surface area contributed by atoms with E-state index in [1.807, 2.05) is 0 Å². The van der Waals surface area contributed by atoms with Crippen LogP contribution in [0.1, 0.15) is 12.0 Å². The van der Waals surface area contributed by atoms with Gasteiger partial charge in [-0.3, -0.25) is 10.1 Å². The summed E-state index contributed by atoms with van der Waals surface area (Å²) in [5.41, 5.74) is 5.75. The van der Waals surface area contributed by atoms with Crippen molar-refractivity contribution in [3.05, 3.63) is 39.2 Å². The molecular weight excluding hydrogens is 218 g/mol. The number of rotatable bonds is 4. The first-order valence-corrected chi connectivity index (χ1v) is 4.69. The van der Waals surface area contributed by atoms with E-state index in [0.717, 1.165) is 6.20 Å². The molecule has 0 aliphatic rings. The van der Waals surface area contributed by atoms with Crippen LogP contribution >= 0.6 is 11.6 Å². The van der Waals surface area contributed by atoms with Crippen LogP contribution in [0.5, 0.6) is 0 Å². The first kappa shape index (κ1) is 11.6. The van der Waals surface area contributed by atoms with Crippen molar-refractivity contribution >= 4 is 23.4 Å². The number of pyridine rings is 1. The van der Waals surface area contributed by atoms with Crippen LogP contribution in [0.15, 0.2) is 18.3 Å². The van der Waals surface area contributed by atoms with Crippen LogP contribution in [0.3, 0.4) is 0 Å². The molecule has 0 unspecified atom stereocenters. The van der Waals surface area contributed by atoms with Gasteiger partial charge in [-0.2, -0.15) is 0 Å². The van der Waals surface area contributed by atoms with Crippen molar-refractivity contribution in [2.24, 2.45) is 5.73 Å². The predicted octanol–water partition coefficient (Wildman–Crippen LogP) is 2.01. The van der Waals surface area contributed by atoms with E-state index in [2.05, 4.69) is 4.98 Å². The normalized spacial score (nSPS) is 10.8. The van der Waals surface area contributed by atoms with Crippen LogP contribution < -0.4 is 5.73 Å². The highest BCUT2D eigenvalue weighted by atomic mass is 35.5. The summed E-state index contributed by atoms with van der Waals surface area (Å²) in [4.78, 5) is 13.7. The zero-order valence-electron chi connectivity index (χ0n) is 7.89. The summed E-state index contributed by atoms with van der Waals surface area (Å²) in [6.07, 6.45) is 5.30. The Morgan fingerprint density at radius 3 is 3.00 bits per heavy atom. The fourth-order valence-electron chi connectivity index (χ4n) is 0.977. The summed E-state index contributed by atoms with van der Waals surface area (Å²) in [6.45, 7) is 0.524. The number of nitro groups is 1. The van der Waals surface area contributed by atoms with Crippen LogP contribution in [-0.2, 0) is 0 Å². The Kier molecular flexibility index (Phi) is 4.20. The minimum absolute atomic E-state index is 0.0770. The van der Waals surface area contributed by atoms with Crippen LogP contribution in [-0.4, -0.2) is 16.5 Å². The van der Waals surface area contributed by atoms with Crippen LogP contribution in [0.25, 0.3) is 6.08 Å². The number of hydrogen-bond donors (Lipinski definition) is 1. The minimum atomic E-state index is -0.510. The molecule has 1 aromatic rings. The van der Waals surface area contributed by atoms with Gasteiger partial charge in [0.15, 0.2) is 0 Å². The van der Waals surface area contributed by atoms with E-state index < -0.39 is 4.92 Å². The average molecular weight is 228 g/mol. The van der Waals surface area contributed by atoms with Crippen molar-refractivity contribution in [3.63, 3.8) is 0 Å². The van der Waals surface area contributed by atoms with Crippen LogP contribution in [0, 0.1) is 10.1 Å². The smallest absolute Gasteiger partial charge is 0.288 e. The second-order valence-electron chi connectivity index (χ2n) is 2.81. The number of hydrogen-bond acceptors (Lipinski definition) is 4. The molecule has 0 fully saturated rings. The highest BCUT2D eigenvalue weighted by Gasteiger charge is 2.08. The monoisotopic (exact) mass is 227 g/mol. The Hall–Kier alpha value is -1.46. The van der Waals surface area contributed by atoms with Gasteiger partial charge in [-0.1, -0.05) is 23.8 Å². The molecule has 0 saturated heterocycles. The lowest BCUT2D eigenvalue weighted by Crippen LogP contribution is -1.95. The van der Waals surface area contributed by atoms with Crippen molar-refractivity contribution in [1.82, 2.24) is 4.98 Å². The summed E-state index contributed by atoms with van der Waals surface area (Å²) in [7, 11) is 0. The molecule has 0 amide bonds. The summed E-state index contributed by atoms with van der Waals surface area (Å²) in [5.74, 6) is 0. The summed E-state index contributed by atoms with van der Waals surface area (Å²) < 4.78 is 0. The fourth-order valence-corrected chi connectivity index (χ4v) is 1.14. The fraction of sp³-hybridized carbons (Fsp3) is 0.222. The maximum Gasteiger partial charge on any atom is 0.288 e. The van der Waals surface area contributed by atoms with Gasteiger partial charge in [0.05, 0.1) is 4.92 Å². The van der Waals surface area contributed by atoms with E-state index in [4.69, 9.17) is 17.3 Å². The molecule has 0 radical (unpaired) electrons. The average Bonchev–Trinajstić information content (AvgIpc) is 2.20.